The Bertz CT molecular complexity index is 759. The highest BCUT2D eigenvalue weighted by atomic mass is 35.5. The van der Waals surface area contributed by atoms with E-state index in [0.717, 1.165) is 0 Å². The number of methoxy groups -OCH3 is 1. The lowest BCUT2D eigenvalue weighted by Gasteiger charge is -2.33. The number of sulfonamides is 1. The maximum atomic E-state index is 12.8. The van der Waals surface area contributed by atoms with Gasteiger partial charge < -0.3 is 14.4 Å². The maximum absolute atomic E-state index is 12.8. The molecule has 1 aliphatic rings. The molecular formula is C15H19ClN2O6S. The number of esters is 1. The molecule has 0 unspecified atom stereocenters. The Morgan fingerprint density at radius 1 is 1.20 bits per heavy atom. The third-order valence-corrected chi connectivity index (χ3v) is 5.97. The molecule has 0 saturated carbocycles. The molecule has 1 aromatic carbocycles. The van der Waals surface area contributed by atoms with Gasteiger partial charge in [-0.15, -0.1) is 0 Å². The molecule has 2 rings (SSSR count). The molecule has 1 aliphatic heterocycles. The van der Waals surface area contributed by atoms with Gasteiger partial charge in [-0.3, -0.25) is 0 Å². The first-order chi connectivity index (χ1) is 11.8. The monoisotopic (exact) mass is 390 g/mol. The number of nitrogens with zero attached hydrogens (tertiary/aromatic N) is 2. The molecule has 1 heterocycles. The van der Waals surface area contributed by atoms with Crippen molar-refractivity contribution in [3.05, 3.63) is 28.8 Å². The van der Waals surface area contributed by atoms with Crippen molar-refractivity contribution in [3.8, 4) is 0 Å². The van der Waals surface area contributed by atoms with Crippen molar-refractivity contribution in [2.75, 3.05) is 39.9 Å². The van der Waals surface area contributed by atoms with Crippen molar-refractivity contribution >= 4 is 33.7 Å². The Balaban J connectivity index is 2.18. The van der Waals surface area contributed by atoms with Crippen LogP contribution in [0.3, 0.4) is 0 Å². The molecule has 0 aliphatic carbocycles. The molecule has 0 bridgehead atoms. The number of carbonyl (C=O) groups is 2. The summed E-state index contributed by atoms with van der Waals surface area (Å²) in [4.78, 5) is 24.8. The molecule has 10 heteroatoms. The first kappa shape index (κ1) is 19.5. The van der Waals surface area contributed by atoms with Crippen LogP contribution in [0.5, 0.6) is 0 Å². The lowest BCUT2D eigenvalue weighted by Crippen LogP contribution is -2.50. The van der Waals surface area contributed by atoms with Crippen LogP contribution in [0.1, 0.15) is 17.3 Å². The second kappa shape index (κ2) is 8.03. The summed E-state index contributed by atoms with van der Waals surface area (Å²) in [6, 6.07) is 3.87. The van der Waals surface area contributed by atoms with Gasteiger partial charge in [-0.05, 0) is 25.1 Å². The smallest absolute Gasteiger partial charge is 0.409 e. The molecule has 138 valence electrons. The van der Waals surface area contributed by atoms with Crippen molar-refractivity contribution in [1.29, 1.82) is 0 Å². The normalized spacial score (nSPS) is 15.7. The summed E-state index contributed by atoms with van der Waals surface area (Å²) in [5.74, 6) is -0.714. The Labute approximate surface area is 151 Å². The highest BCUT2D eigenvalue weighted by Gasteiger charge is 2.31. The average Bonchev–Trinajstić information content (AvgIpc) is 2.61. The van der Waals surface area contributed by atoms with Crippen LogP contribution < -0.4 is 0 Å². The molecule has 1 saturated heterocycles. The largest absolute Gasteiger partial charge is 0.465 e. The van der Waals surface area contributed by atoms with Crippen LogP contribution in [0.25, 0.3) is 0 Å². The van der Waals surface area contributed by atoms with E-state index in [1.165, 1.54) is 34.5 Å². The summed E-state index contributed by atoms with van der Waals surface area (Å²) in [5, 5.41) is 0.109. The molecule has 1 amide bonds. The van der Waals surface area contributed by atoms with Gasteiger partial charge in [0, 0.05) is 26.2 Å². The van der Waals surface area contributed by atoms with Crippen LogP contribution in [0.4, 0.5) is 4.79 Å². The quantitative estimate of drug-likeness (QED) is 0.725. The number of piperazine rings is 1. The lowest BCUT2D eigenvalue weighted by atomic mass is 10.2. The van der Waals surface area contributed by atoms with Gasteiger partial charge in [0.1, 0.15) is 0 Å². The molecule has 8 nitrogen and oxygen atoms in total. The van der Waals surface area contributed by atoms with E-state index in [9.17, 15) is 18.0 Å². The molecule has 0 spiro atoms. The van der Waals surface area contributed by atoms with Crippen molar-refractivity contribution in [2.45, 2.75) is 11.8 Å². The first-order valence-electron chi connectivity index (χ1n) is 7.61. The zero-order valence-corrected chi connectivity index (χ0v) is 15.5. The summed E-state index contributed by atoms with van der Waals surface area (Å²) in [6.07, 6.45) is -0.459. The minimum absolute atomic E-state index is 0.0181. The van der Waals surface area contributed by atoms with Crippen LogP contribution >= 0.6 is 11.6 Å². The van der Waals surface area contributed by atoms with Gasteiger partial charge in [-0.1, -0.05) is 11.6 Å². The fraction of sp³-hybridized carbons (Fsp3) is 0.467. The highest BCUT2D eigenvalue weighted by molar-refractivity contribution is 7.89. The minimum Gasteiger partial charge on any atom is -0.465 e. The zero-order chi connectivity index (χ0) is 18.6. The van der Waals surface area contributed by atoms with Gasteiger partial charge in [0.05, 0.1) is 29.2 Å². The van der Waals surface area contributed by atoms with E-state index < -0.39 is 22.1 Å². The molecule has 0 radical (unpaired) electrons. The van der Waals surface area contributed by atoms with Crippen molar-refractivity contribution in [1.82, 2.24) is 9.21 Å². The second-order valence-electron chi connectivity index (χ2n) is 5.22. The van der Waals surface area contributed by atoms with Gasteiger partial charge in [-0.2, -0.15) is 4.31 Å². The maximum Gasteiger partial charge on any atom is 0.409 e. The van der Waals surface area contributed by atoms with Gasteiger partial charge in [-0.25, -0.2) is 18.0 Å². The predicted molar refractivity (Wildman–Crippen MR) is 90.1 cm³/mol. The lowest BCUT2D eigenvalue weighted by molar-refractivity contribution is 0.0600. The van der Waals surface area contributed by atoms with Crippen molar-refractivity contribution in [3.63, 3.8) is 0 Å². The third kappa shape index (κ3) is 4.23. The minimum atomic E-state index is -3.82. The fourth-order valence-corrected chi connectivity index (χ4v) is 4.05. The van der Waals surface area contributed by atoms with Gasteiger partial charge in [0.2, 0.25) is 10.0 Å². The highest BCUT2D eigenvalue weighted by Crippen LogP contribution is 2.24. The standard InChI is InChI=1S/C15H19ClN2O6S/c1-3-24-15(20)17-6-8-18(9-7-17)25(21,22)11-4-5-13(16)12(10-11)14(19)23-2/h4-5,10H,3,6-9H2,1-2H3. The number of hydrogen-bond acceptors (Lipinski definition) is 6. The van der Waals surface area contributed by atoms with Crippen LogP contribution in [-0.2, 0) is 19.5 Å². The predicted octanol–water partition coefficient (Wildman–Crippen LogP) is 1.59. The Morgan fingerprint density at radius 2 is 1.84 bits per heavy atom. The Hall–Kier alpha value is -1.84. The molecule has 1 aromatic rings. The molecule has 0 N–H and O–H groups in total. The van der Waals surface area contributed by atoms with Crippen molar-refractivity contribution in [2.24, 2.45) is 0 Å². The number of benzene rings is 1. The van der Waals surface area contributed by atoms with Crippen LogP contribution in [0, 0.1) is 0 Å². The third-order valence-electron chi connectivity index (χ3n) is 3.75. The number of ether oxygens (including phenoxy) is 2. The van der Waals surface area contributed by atoms with E-state index in [0.29, 0.717) is 0 Å². The Morgan fingerprint density at radius 3 is 2.40 bits per heavy atom. The molecule has 1 fully saturated rings. The molecule has 0 aromatic heterocycles. The summed E-state index contributed by atoms with van der Waals surface area (Å²) in [6.45, 7) is 2.70. The van der Waals surface area contributed by atoms with E-state index in [2.05, 4.69) is 4.74 Å². The van der Waals surface area contributed by atoms with Crippen molar-refractivity contribution < 1.29 is 27.5 Å². The number of carbonyl (C=O) groups excluding carboxylic acids is 2. The zero-order valence-electron chi connectivity index (χ0n) is 13.9. The average molecular weight is 391 g/mol. The Kier molecular flexibility index (Phi) is 6.26. The summed E-state index contributed by atoms with van der Waals surface area (Å²) >= 11 is 5.92. The summed E-state index contributed by atoms with van der Waals surface area (Å²) in [7, 11) is -2.63. The van der Waals surface area contributed by atoms with Crippen LogP contribution in [-0.4, -0.2) is 69.6 Å². The summed E-state index contributed by atoms with van der Waals surface area (Å²) in [5.41, 5.74) is -0.0181. The molecular weight excluding hydrogens is 372 g/mol. The second-order valence-corrected chi connectivity index (χ2v) is 7.57. The van der Waals surface area contributed by atoms with E-state index in [1.54, 1.807) is 6.92 Å². The van der Waals surface area contributed by atoms with E-state index in [4.69, 9.17) is 16.3 Å². The summed E-state index contributed by atoms with van der Waals surface area (Å²) < 4.78 is 36.3. The van der Waals surface area contributed by atoms with Crippen LogP contribution in [0.2, 0.25) is 5.02 Å². The van der Waals surface area contributed by atoms with E-state index >= 15 is 0 Å². The number of rotatable bonds is 4. The number of amides is 1. The van der Waals surface area contributed by atoms with Gasteiger partial charge in [0.25, 0.3) is 0 Å². The van der Waals surface area contributed by atoms with Gasteiger partial charge in [0.15, 0.2) is 0 Å². The van der Waals surface area contributed by atoms with Gasteiger partial charge >= 0.3 is 12.1 Å². The SMILES string of the molecule is CCOC(=O)N1CCN(S(=O)(=O)c2ccc(Cl)c(C(=O)OC)c2)CC1. The van der Waals surface area contributed by atoms with E-state index in [-0.39, 0.29) is 48.3 Å². The van der Waals surface area contributed by atoms with E-state index in [1.807, 2.05) is 0 Å². The topological polar surface area (TPSA) is 93.2 Å². The number of hydrogen-bond donors (Lipinski definition) is 0. The fourth-order valence-electron chi connectivity index (χ4n) is 2.41. The molecule has 0 atom stereocenters. The van der Waals surface area contributed by atoms with Crippen LogP contribution in [0.15, 0.2) is 23.1 Å². The first-order valence-corrected chi connectivity index (χ1v) is 9.42. The molecule has 25 heavy (non-hydrogen) atoms. The number of halogens is 1.